The molecule has 1 aromatic carbocycles. The second kappa shape index (κ2) is 10.6. The van der Waals surface area contributed by atoms with Gasteiger partial charge in [0.25, 0.3) is 0 Å². The maximum Gasteiger partial charge on any atom is 0.414 e. The minimum Gasteiger partial charge on any atom is -0.473 e. The molecule has 0 radical (unpaired) electrons. The summed E-state index contributed by atoms with van der Waals surface area (Å²) in [5.74, 6) is -3.65. The molecular weight excluding hydrogens is 379 g/mol. The first-order chi connectivity index (χ1) is 12.2. The lowest BCUT2D eigenvalue weighted by atomic mass is 9.99. The van der Waals surface area contributed by atoms with E-state index in [1.54, 1.807) is 12.3 Å². The summed E-state index contributed by atoms with van der Waals surface area (Å²) < 4.78 is 0. The molecule has 0 saturated heterocycles. The molecule has 0 fully saturated rings. The van der Waals surface area contributed by atoms with Crippen molar-refractivity contribution in [1.82, 2.24) is 9.88 Å². The molecule has 138 valence electrons. The Morgan fingerprint density at radius 3 is 2.27 bits per heavy atom. The fraction of sp³-hybridized carbons (Fsp3) is 0.167. The van der Waals surface area contributed by atoms with E-state index in [1.807, 2.05) is 44.6 Å². The Morgan fingerprint density at radius 2 is 1.81 bits per heavy atom. The van der Waals surface area contributed by atoms with E-state index in [9.17, 15) is 0 Å². The normalized spacial score (nSPS) is 10.9. The SMILES string of the molecule is CN(C)CC=C(c1cccnc1)c1ccc(Cl)cc1Cl.O=C(O)C(=O)O. The molecule has 0 saturated carbocycles. The second-order valence-electron chi connectivity index (χ2n) is 5.36. The number of likely N-dealkylation sites (N-methyl/N-ethyl adjacent to an activating group) is 1. The molecule has 0 aliphatic heterocycles. The van der Waals surface area contributed by atoms with Crippen LogP contribution in [0.25, 0.3) is 5.57 Å². The van der Waals surface area contributed by atoms with Crippen molar-refractivity contribution >= 4 is 40.7 Å². The van der Waals surface area contributed by atoms with E-state index in [0.29, 0.717) is 10.0 Å². The summed E-state index contributed by atoms with van der Waals surface area (Å²) in [6, 6.07) is 9.50. The van der Waals surface area contributed by atoms with Gasteiger partial charge in [0.15, 0.2) is 0 Å². The number of aromatic nitrogens is 1. The molecule has 2 N–H and O–H groups in total. The summed E-state index contributed by atoms with van der Waals surface area (Å²) in [5.41, 5.74) is 3.07. The number of pyridine rings is 1. The predicted molar refractivity (Wildman–Crippen MR) is 102 cm³/mol. The molecular formula is C18H18Cl2N2O4. The highest BCUT2D eigenvalue weighted by Crippen LogP contribution is 2.31. The zero-order valence-electron chi connectivity index (χ0n) is 14.2. The summed E-state index contributed by atoms with van der Waals surface area (Å²) in [5, 5.41) is 16.1. The van der Waals surface area contributed by atoms with Crippen LogP contribution < -0.4 is 0 Å². The van der Waals surface area contributed by atoms with Gasteiger partial charge in [0.05, 0.1) is 0 Å². The van der Waals surface area contributed by atoms with E-state index in [2.05, 4.69) is 16.0 Å². The maximum absolute atomic E-state index is 9.10. The third-order valence-corrected chi connectivity index (χ3v) is 3.59. The third kappa shape index (κ3) is 7.23. The van der Waals surface area contributed by atoms with Gasteiger partial charge in [-0.25, -0.2) is 9.59 Å². The molecule has 0 spiro atoms. The van der Waals surface area contributed by atoms with E-state index in [4.69, 9.17) is 43.0 Å². The molecule has 26 heavy (non-hydrogen) atoms. The molecule has 2 aromatic rings. The van der Waals surface area contributed by atoms with Crippen molar-refractivity contribution in [2.24, 2.45) is 0 Å². The van der Waals surface area contributed by atoms with Crippen LogP contribution in [0.1, 0.15) is 11.1 Å². The van der Waals surface area contributed by atoms with Gasteiger partial charge in [0, 0.05) is 40.1 Å². The lowest BCUT2D eigenvalue weighted by molar-refractivity contribution is -0.159. The fourth-order valence-corrected chi connectivity index (χ4v) is 2.40. The average molecular weight is 397 g/mol. The predicted octanol–water partition coefficient (Wildman–Crippen LogP) is 3.54. The Bertz CT molecular complexity index is 781. The van der Waals surface area contributed by atoms with E-state index in [1.165, 1.54) is 0 Å². The van der Waals surface area contributed by atoms with E-state index in [-0.39, 0.29) is 0 Å². The number of aliphatic carboxylic acids is 2. The molecule has 1 aromatic heterocycles. The van der Waals surface area contributed by atoms with Gasteiger partial charge in [0.2, 0.25) is 0 Å². The summed E-state index contributed by atoms with van der Waals surface area (Å²) in [6.07, 6.45) is 5.75. The zero-order valence-corrected chi connectivity index (χ0v) is 15.7. The molecule has 0 aliphatic rings. The fourth-order valence-electron chi connectivity index (χ4n) is 1.89. The van der Waals surface area contributed by atoms with Crippen LogP contribution in [0.15, 0.2) is 48.8 Å². The van der Waals surface area contributed by atoms with Crippen LogP contribution in [0.4, 0.5) is 0 Å². The van der Waals surface area contributed by atoms with Crippen LogP contribution in [-0.4, -0.2) is 52.7 Å². The highest BCUT2D eigenvalue weighted by atomic mass is 35.5. The van der Waals surface area contributed by atoms with Crippen molar-refractivity contribution in [3.8, 4) is 0 Å². The number of halogens is 2. The lowest BCUT2D eigenvalue weighted by Gasteiger charge is -2.13. The van der Waals surface area contributed by atoms with Crippen LogP contribution >= 0.6 is 23.2 Å². The molecule has 1 heterocycles. The average Bonchev–Trinajstić information content (AvgIpc) is 2.58. The van der Waals surface area contributed by atoms with Gasteiger partial charge >= 0.3 is 11.9 Å². The standard InChI is InChI=1S/C16H16Cl2N2.C2H2O4/c1-20(2)9-7-14(12-4-3-8-19-11-12)15-6-5-13(17)10-16(15)18;3-1(4)2(5)6/h3-8,10-11H,9H2,1-2H3;(H,3,4)(H,5,6). The largest absolute Gasteiger partial charge is 0.473 e. The molecule has 0 atom stereocenters. The van der Waals surface area contributed by atoms with E-state index in [0.717, 1.165) is 23.2 Å². The number of benzene rings is 1. The molecule has 0 aliphatic carbocycles. The van der Waals surface area contributed by atoms with Gasteiger partial charge in [-0.1, -0.05) is 41.4 Å². The highest BCUT2D eigenvalue weighted by Gasteiger charge is 2.10. The number of hydrogen-bond donors (Lipinski definition) is 2. The Kier molecular flexibility index (Phi) is 8.78. The molecule has 0 amide bonds. The molecule has 6 nitrogen and oxygen atoms in total. The van der Waals surface area contributed by atoms with Crippen molar-refractivity contribution < 1.29 is 19.8 Å². The number of hydrogen-bond acceptors (Lipinski definition) is 4. The zero-order chi connectivity index (χ0) is 19.7. The number of rotatable bonds is 4. The van der Waals surface area contributed by atoms with E-state index >= 15 is 0 Å². The monoisotopic (exact) mass is 396 g/mol. The summed E-state index contributed by atoms with van der Waals surface area (Å²) in [6.45, 7) is 0.823. The van der Waals surface area contributed by atoms with Crippen LogP contribution in [0, 0.1) is 0 Å². The van der Waals surface area contributed by atoms with E-state index < -0.39 is 11.9 Å². The Hall–Kier alpha value is -2.41. The van der Waals surface area contributed by atoms with Crippen LogP contribution in [0.5, 0.6) is 0 Å². The Labute approximate surface area is 161 Å². The molecule has 8 heteroatoms. The van der Waals surface area contributed by atoms with Crippen molar-refractivity contribution in [3.63, 3.8) is 0 Å². The lowest BCUT2D eigenvalue weighted by Crippen LogP contribution is -2.11. The maximum atomic E-state index is 9.10. The quantitative estimate of drug-likeness (QED) is 0.767. The summed E-state index contributed by atoms with van der Waals surface area (Å²) >= 11 is 12.3. The van der Waals surface area contributed by atoms with Gasteiger partial charge in [-0.15, -0.1) is 0 Å². The summed E-state index contributed by atoms with van der Waals surface area (Å²) in [7, 11) is 4.06. The summed E-state index contributed by atoms with van der Waals surface area (Å²) in [4.78, 5) is 24.5. The first-order valence-electron chi connectivity index (χ1n) is 7.39. The Morgan fingerprint density at radius 1 is 1.15 bits per heavy atom. The second-order valence-corrected chi connectivity index (χ2v) is 6.20. The highest BCUT2D eigenvalue weighted by molar-refractivity contribution is 6.35. The molecule has 0 unspecified atom stereocenters. The first kappa shape index (κ1) is 21.6. The first-order valence-corrected chi connectivity index (χ1v) is 8.15. The number of nitrogens with zero attached hydrogens (tertiary/aromatic N) is 2. The minimum atomic E-state index is -1.82. The third-order valence-electron chi connectivity index (χ3n) is 3.04. The smallest absolute Gasteiger partial charge is 0.414 e. The number of carboxylic acids is 2. The van der Waals surface area contributed by atoms with Gasteiger partial charge in [-0.05, 0) is 37.9 Å². The van der Waals surface area contributed by atoms with Gasteiger partial charge < -0.3 is 15.1 Å². The number of carboxylic acid groups (broad SMARTS) is 2. The minimum absolute atomic E-state index is 0.636. The van der Waals surface area contributed by atoms with Crippen molar-refractivity contribution in [2.45, 2.75) is 0 Å². The van der Waals surface area contributed by atoms with Crippen LogP contribution in [0.3, 0.4) is 0 Å². The topological polar surface area (TPSA) is 90.7 Å². The Balaban J connectivity index is 0.000000487. The van der Waals surface area contributed by atoms with Crippen molar-refractivity contribution in [2.75, 3.05) is 20.6 Å². The van der Waals surface area contributed by atoms with Crippen molar-refractivity contribution in [1.29, 1.82) is 0 Å². The molecule has 0 bridgehead atoms. The van der Waals surface area contributed by atoms with Crippen LogP contribution in [-0.2, 0) is 9.59 Å². The van der Waals surface area contributed by atoms with Crippen LogP contribution in [0.2, 0.25) is 10.0 Å². The molecule has 2 rings (SSSR count). The van der Waals surface area contributed by atoms with Gasteiger partial charge in [0.1, 0.15) is 0 Å². The van der Waals surface area contributed by atoms with Gasteiger partial charge in [-0.3, -0.25) is 4.98 Å². The van der Waals surface area contributed by atoms with Crippen molar-refractivity contribution in [3.05, 3.63) is 70.0 Å². The van der Waals surface area contributed by atoms with Gasteiger partial charge in [-0.2, -0.15) is 0 Å². The number of carbonyl (C=O) groups is 2.